The Balaban J connectivity index is 1.73. The molecule has 0 spiro atoms. The lowest BCUT2D eigenvalue weighted by Crippen LogP contribution is -2.69. The highest BCUT2D eigenvalue weighted by atomic mass is 16.7. The Morgan fingerprint density at radius 3 is 2.45 bits per heavy atom. The SMILES string of the molecule is CCc1ccc(Cn2cnc3cc(OC)cc(O[C@@]4(O)[C@H](O)O[C@@H](CO)[C@H](O)[C@H]4O)c32)cc1. The second kappa shape index (κ2) is 9.26. The van der Waals surface area contributed by atoms with E-state index in [-0.39, 0.29) is 5.75 Å². The van der Waals surface area contributed by atoms with Crippen molar-refractivity contribution in [1.29, 1.82) is 0 Å². The zero-order valence-corrected chi connectivity index (χ0v) is 18.3. The van der Waals surface area contributed by atoms with Gasteiger partial charge in [-0.3, -0.25) is 0 Å². The van der Waals surface area contributed by atoms with Gasteiger partial charge in [-0.25, -0.2) is 4.98 Å². The number of aliphatic hydroxyl groups is 5. The zero-order valence-electron chi connectivity index (χ0n) is 18.3. The number of fused-ring (bicyclic) bond motifs is 1. The number of nitrogens with zero attached hydrogens (tertiary/aromatic N) is 2. The highest BCUT2D eigenvalue weighted by Crippen LogP contribution is 2.37. The van der Waals surface area contributed by atoms with Crippen LogP contribution < -0.4 is 9.47 Å². The fraction of sp³-hybridized carbons (Fsp3) is 0.435. The molecule has 2 aromatic carbocycles. The summed E-state index contributed by atoms with van der Waals surface area (Å²) >= 11 is 0. The first-order chi connectivity index (χ1) is 15.8. The third-order valence-corrected chi connectivity index (χ3v) is 5.91. The van der Waals surface area contributed by atoms with Gasteiger partial charge in [0, 0.05) is 18.7 Å². The zero-order chi connectivity index (χ0) is 23.8. The number of aliphatic hydroxyl groups excluding tert-OH is 4. The predicted molar refractivity (Wildman–Crippen MR) is 117 cm³/mol. The summed E-state index contributed by atoms with van der Waals surface area (Å²) in [6.07, 6.45) is -4.48. The van der Waals surface area contributed by atoms with Gasteiger partial charge >= 0.3 is 0 Å². The Morgan fingerprint density at radius 1 is 1.12 bits per heavy atom. The maximum atomic E-state index is 11.0. The Morgan fingerprint density at radius 2 is 1.82 bits per heavy atom. The standard InChI is InChI=1S/C23H28N2O8/c1-3-13-4-6-14(7-5-13)10-25-12-24-16-8-15(31-2)9-17(19(16)25)33-23(30)21(28)20(27)18(11-26)32-22(23)29/h4-9,12,18,20-22,26-30H,3,10-11H2,1-2H3/t18-,20-,21+,22+,23+/m0/s1. The summed E-state index contributed by atoms with van der Waals surface area (Å²) in [5.74, 6) is -2.30. The van der Waals surface area contributed by atoms with Crippen molar-refractivity contribution in [2.45, 2.75) is 50.3 Å². The molecule has 178 valence electrons. The lowest BCUT2D eigenvalue weighted by atomic mass is 9.96. The second-order valence-corrected chi connectivity index (χ2v) is 8.03. The van der Waals surface area contributed by atoms with E-state index in [1.165, 1.54) is 18.7 Å². The lowest BCUT2D eigenvalue weighted by molar-refractivity contribution is -0.385. The number of rotatable bonds is 7. The van der Waals surface area contributed by atoms with Gasteiger partial charge in [0.2, 0.25) is 6.29 Å². The van der Waals surface area contributed by atoms with E-state index < -0.39 is 37.0 Å². The number of imidazole rings is 1. The fourth-order valence-corrected chi connectivity index (χ4v) is 3.91. The van der Waals surface area contributed by atoms with Crippen LogP contribution in [0.5, 0.6) is 11.5 Å². The minimum absolute atomic E-state index is 0.0471. The quantitative estimate of drug-likeness (QED) is 0.311. The Labute approximate surface area is 190 Å². The van der Waals surface area contributed by atoms with Crippen molar-refractivity contribution in [3.05, 3.63) is 53.9 Å². The topological polar surface area (TPSA) is 147 Å². The van der Waals surface area contributed by atoms with Crippen LogP contribution in [0.25, 0.3) is 11.0 Å². The van der Waals surface area contributed by atoms with Crippen molar-refractivity contribution in [3.63, 3.8) is 0 Å². The summed E-state index contributed by atoms with van der Waals surface area (Å²) in [6, 6.07) is 11.3. The van der Waals surface area contributed by atoms with E-state index in [2.05, 4.69) is 11.9 Å². The van der Waals surface area contributed by atoms with E-state index in [0.717, 1.165) is 12.0 Å². The smallest absolute Gasteiger partial charge is 0.288 e. The van der Waals surface area contributed by atoms with Crippen LogP contribution in [0, 0.1) is 0 Å². The Hall–Kier alpha value is -2.73. The molecule has 1 saturated heterocycles. The van der Waals surface area contributed by atoms with Crippen LogP contribution in [0.3, 0.4) is 0 Å². The predicted octanol–water partition coefficient (Wildman–Crippen LogP) is 0.154. The van der Waals surface area contributed by atoms with Gasteiger partial charge < -0.3 is 44.3 Å². The average Bonchev–Trinajstić information content (AvgIpc) is 3.23. The number of methoxy groups -OCH3 is 1. The van der Waals surface area contributed by atoms with Gasteiger partial charge in [0.15, 0.2) is 11.9 Å². The van der Waals surface area contributed by atoms with Crippen LogP contribution >= 0.6 is 0 Å². The van der Waals surface area contributed by atoms with Crippen LogP contribution in [0.4, 0.5) is 0 Å². The maximum absolute atomic E-state index is 11.0. The van der Waals surface area contributed by atoms with Crippen molar-refractivity contribution in [2.24, 2.45) is 0 Å². The summed E-state index contributed by atoms with van der Waals surface area (Å²) in [4.78, 5) is 4.39. The molecule has 2 heterocycles. The van der Waals surface area contributed by atoms with Gasteiger partial charge in [-0.2, -0.15) is 0 Å². The Bertz CT molecular complexity index is 1100. The van der Waals surface area contributed by atoms with E-state index in [0.29, 0.717) is 23.3 Å². The van der Waals surface area contributed by atoms with Crippen LogP contribution in [-0.4, -0.2) is 79.2 Å². The second-order valence-electron chi connectivity index (χ2n) is 8.03. The van der Waals surface area contributed by atoms with E-state index >= 15 is 0 Å². The summed E-state index contributed by atoms with van der Waals surface area (Å²) in [5, 5.41) is 51.3. The van der Waals surface area contributed by atoms with Gasteiger partial charge in [0.1, 0.15) is 23.5 Å². The van der Waals surface area contributed by atoms with Crippen molar-refractivity contribution in [2.75, 3.05) is 13.7 Å². The minimum Gasteiger partial charge on any atom is -0.497 e. The first-order valence-corrected chi connectivity index (χ1v) is 10.6. The molecule has 0 radical (unpaired) electrons. The minimum atomic E-state index is -2.72. The summed E-state index contributed by atoms with van der Waals surface area (Å²) in [7, 11) is 1.45. The number of hydrogen-bond donors (Lipinski definition) is 5. The van der Waals surface area contributed by atoms with Gasteiger partial charge in [-0.1, -0.05) is 31.2 Å². The van der Waals surface area contributed by atoms with Gasteiger partial charge in [0.25, 0.3) is 5.79 Å². The normalized spacial score (nSPS) is 27.6. The number of aromatic nitrogens is 2. The average molecular weight is 460 g/mol. The van der Waals surface area contributed by atoms with Crippen molar-refractivity contribution in [3.8, 4) is 11.5 Å². The van der Waals surface area contributed by atoms with Gasteiger partial charge in [-0.15, -0.1) is 0 Å². The summed E-state index contributed by atoms with van der Waals surface area (Å²) in [6.45, 7) is 1.86. The molecule has 1 fully saturated rings. The largest absolute Gasteiger partial charge is 0.497 e. The molecule has 10 heteroatoms. The number of aryl methyl sites for hydroxylation is 1. The van der Waals surface area contributed by atoms with Gasteiger partial charge in [0.05, 0.1) is 25.6 Å². The third-order valence-electron chi connectivity index (χ3n) is 5.91. The van der Waals surface area contributed by atoms with Crippen LogP contribution in [-0.2, 0) is 17.7 Å². The van der Waals surface area contributed by atoms with E-state index in [1.807, 2.05) is 24.3 Å². The monoisotopic (exact) mass is 460 g/mol. The molecule has 0 amide bonds. The molecular formula is C23H28N2O8. The van der Waals surface area contributed by atoms with Crippen molar-refractivity contribution < 1.29 is 39.7 Å². The molecule has 5 atom stereocenters. The molecule has 10 nitrogen and oxygen atoms in total. The van der Waals surface area contributed by atoms with Crippen molar-refractivity contribution in [1.82, 2.24) is 9.55 Å². The molecular weight excluding hydrogens is 432 g/mol. The molecule has 5 N–H and O–H groups in total. The fourth-order valence-electron chi connectivity index (χ4n) is 3.91. The molecule has 0 unspecified atom stereocenters. The Kier molecular flexibility index (Phi) is 6.57. The molecule has 1 aliphatic rings. The highest BCUT2D eigenvalue weighted by Gasteiger charge is 2.57. The van der Waals surface area contributed by atoms with E-state index in [1.54, 1.807) is 17.0 Å². The molecule has 3 aromatic rings. The third kappa shape index (κ3) is 4.29. The number of benzene rings is 2. The molecule has 0 saturated carbocycles. The van der Waals surface area contributed by atoms with Crippen molar-refractivity contribution >= 4 is 11.0 Å². The first kappa shape index (κ1) is 23.4. The maximum Gasteiger partial charge on any atom is 0.288 e. The highest BCUT2D eigenvalue weighted by molar-refractivity contribution is 5.84. The van der Waals surface area contributed by atoms with E-state index in [9.17, 15) is 25.5 Å². The van der Waals surface area contributed by atoms with Crippen LogP contribution in [0.1, 0.15) is 18.1 Å². The summed E-state index contributed by atoms with van der Waals surface area (Å²) < 4.78 is 17.9. The molecule has 0 aliphatic carbocycles. The summed E-state index contributed by atoms with van der Waals surface area (Å²) in [5.41, 5.74) is 3.19. The molecule has 0 bridgehead atoms. The number of ether oxygens (including phenoxy) is 3. The molecule has 1 aromatic heterocycles. The molecule has 1 aliphatic heterocycles. The van der Waals surface area contributed by atoms with Crippen LogP contribution in [0.15, 0.2) is 42.7 Å². The molecule has 33 heavy (non-hydrogen) atoms. The molecule has 4 rings (SSSR count). The van der Waals surface area contributed by atoms with Gasteiger partial charge in [-0.05, 0) is 17.5 Å². The van der Waals surface area contributed by atoms with E-state index in [4.69, 9.17) is 14.2 Å². The lowest BCUT2D eigenvalue weighted by Gasteiger charge is -2.45. The number of hydrogen-bond acceptors (Lipinski definition) is 9. The first-order valence-electron chi connectivity index (χ1n) is 10.6. The van der Waals surface area contributed by atoms with Crippen LogP contribution in [0.2, 0.25) is 0 Å².